The third kappa shape index (κ3) is 4.90. The van der Waals surface area contributed by atoms with E-state index in [1.54, 1.807) is 6.07 Å². The van der Waals surface area contributed by atoms with Gasteiger partial charge in [0.1, 0.15) is 0 Å². The molecule has 1 aliphatic carbocycles. The van der Waals surface area contributed by atoms with Gasteiger partial charge in [-0.25, -0.2) is 0 Å². The number of nitrogens with two attached hydrogens (primary N) is 1. The van der Waals surface area contributed by atoms with Gasteiger partial charge in [0.2, 0.25) is 0 Å². The second-order valence-corrected chi connectivity index (χ2v) is 6.33. The molecule has 1 aromatic carbocycles. The molecule has 1 fully saturated rings. The van der Waals surface area contributed by atoms with E-state index in [4.69, 9.17) is 33.7 Å². The van der Waals surface area contributed by atoms with Crippen molar-refractivity contribution in [2.45, 2.75) is 18.9 Å². The van der Waals surface area contributed by atoms with Gasteiger partial charge in [-0.1, -0.05) is 23.2 Å². The number of benzene rings is 1. The smallest absolute Gasteiger partial charge is 0.0593 e. The average molecular weight is 317 g/mol. The van der Waals surface area contributed by atoms with E-state index in [-0.39, 0.29) is 6.04 Å². The lowest BCUT2D eigenvalue weighted by molar-refractivity contribution is 0.0923. The predicted octanol–water partition coefficient (Wildman–Crippen LogP) is 3.35. The van der Waals surface area contributed by atoms with Crippen LogP contribution in [0.5, 0.6) is 0 Å². The van der Waals surface area contributed by atoms with Gasteiger partial charge in [-0.3, -0.25) is 4.90 Å². The molecule has 0 aromatic heterocycles. The summed E-state index contributed by atoms with van der Waals surface area (Å²) in [7, 11) is 2.05. The third-order valence-corrected chi connectivity index (χ3v) is 4.10. The molecule has 1 aliphatic rings. The van der Waals surface area contributed by atoms with Gasteiger partial charge in [0, 0.05) is 35.8 Å². The lowest BCUT2D eigenvalue weighted by Crippen LogP contribution is -2.33. The molecule has 2 rings (SSSR count). The van der Waals surface area contributed by atoms with Crippen molar-refractivity contribution in [3.63, 3.8) is 0 Å². The molecule has 0 heterocycles. The summed E-state index contributed by atoms with van der Waals surface area (Å²) in [5.74, 6) is 0.803. The van der Waals surface area contributed by atoms with E-state index >= 15 is 0 Å². The average Bonchev–Trinajstić information content (AvgIpc) is 3.18. The van der Waals surface area contributed by atoms with Crippen molar-refractivity contribution in [1.29, 1.82) is 0 Å². The minimum absolute atomic E-state index is 0.107. The Hall–Kier alpha value is -0.320. The number of ether oxygens (including phenoxy) is 1. The van der Waals surface area contributed by atoms with E-state index in [0.717, 1.165) is 31.2 Å². The maximum atomic E-state index is 6.06. The number of rotatable bonds is 8. The van der Waals surface area contributed by atoms with Crippen molar-refractivity contribution >= 4 is 23.2 Å². The normalized spacial score (nSPS) is 16.6. The van der Waals surface area contributed by atoms with Gasteiger partial charge in [0.15, 0.2) is 0 Å². The van der Waals surface area contributed by atoms with Gasteiger partial charge < -0.3 is 10.5 Å². The molecule has 0 spiro atoms. The maximum Gasteiger partial charge on any atom is 0.0593 e. The molecular formula is C15H22Cl2N2O. The van der Waals surface area contributed by atoms with Crippen molar-refractivity contribution in [2.24, 2.45) is 11.7 Å². The first kappa shape index (κ1) is 16.1. The van der Waals surface area contributed by atoms with E-state index in [1.165, 1.54) is 12.8 Å². The number of nitrogens with zero attached hydrogens (tertiary/aromatic N) is 1. The number of hydrogen-bond donors (Lipinski definition) is 1. The molecular weight excluding hydrogens is 295 g/mol. The van der Waals surface area contributed by atoms with E-state index in [2.05, 4.69) is 4.90 Å². The molecule has 1 saturated carbocycles. The topological polar surface area (TPSA) is 38.5 Å². The van der Waals surface area contributed by atoms with Crippen LogP contribution in [0.4, 0.5) is 0 Å². The van der Waals surface area contributed by atoms with E-state index in [9.17, 15) is 0 Å². The van der Waals surface area contributed by atoms with Gasteiger partial charge in [-0.05, 0) is 49.6 Å². The summed E-state index contributed by atoms with van der Waals surface area (Å²) >= 11 is 12.1. The summed E-state index contributed by atoms with van der Waals surface area (Å²) in [6.07, 6.45) is 2.64. The van der Waals surface area contributed by atoms with Crippen molar-refractivity contribution in [1.82, 2.24) is 4.90 Å². The van der Waals surface area contributed by atoms with Crippen LogP contribution in [0, 0.1) is 5.92 Å². The standard InChI is InChI=1S/C15H22Cl2N2O/c1-19(4-5-20-10-11-2-3-11)15(9-18)12-6-13(16)8-14(17)7-12/h6-8,11,15H,2-5,9-10,18H2,1H3. The lowest BCUT2D eigenvalue weighted by atomic mass is 10.1. The number of hydrogen-bond acceptors (Lipinski definition) is 3. The van der Waals surface area contributed by atoms with Crippen LogP contribution < -0.4 is 5.73 Å². The lowest BCUT2D eigenvalue weighted by Gasteiger charge is -2.27. The second kappa shape index (κ2) is 7.62. The third-order valence-electron chi connectivity index (χ3n) is 3.66. The van der Waals surface area contributed by atoms with Crippen LogP contribution in [-0.4, -0.2) is 38.3 Å². The Balaban J connectivity index is 1.87. The minimum Gasteiger partial charge on any atom is -0.380 e. The molecule has 0 radical (unpaired) electrons. The van der Waals surface area contributed by atoms with E-state index < -0.39 is 0 Å². The van der Waals surface area contributed by atoms with Gasteiger partial charge in [-0.15, -0.1) is 0 Å². The zero-order valence-corrected chi connectivity index (χ0v) is 13.3. The summed E-state index contributed by atoms with van der Waals surface area (Å²) in [4.78, 5) is 2.19. The molecule has 3 nitrogen and oxygen atoms in total. The Morgan fingerprint density at radius 3 is 2.50 bits per heavy atom. The van der Waals surface area contributed by atoms with E-state index in [1.807, 2.05) is 19.2 Å². The molecule has 2 N–H and O–H groups in total. The minimum atomic E-state index is 0.107. The Morgan fingerprint density at radius 2 is 1.95 bits per heavy atom. The zero-order valence-electron chi connectivity index (χ0n) is 11.8. The SMILES string of the molecule is CN(CCOCC1CC1)C(CN)c1cc(Cl)cc(Cl)c1. The van der Waals surface area contributed by atoms with Crippen molar-refractivity contribution < 1.29 is 4.74 Å². The zero-order chi connectivity index (χ0) is 14.5. The molecule has 0 amide bonds. The van der Waals surface area contributed by atoms with Crippen LogP contribution in [0.2, 0.25) is 10.0 Å². The molecule has 0 aliphatic heterocycles. The van der Waals surface area contributed by atoms with Gasteiger partial charge in [0.05, 0.1) is 6.61 Å². The summed E-state index contributed by atoms with van der Waals surface area (Å²) in [5.41, 5.74) is 6.95. The van der Waals surface area contributed by atoms with Crippen LogP contribution in [-0.2, 0) is 4.74 Å². The Morgan fingerprint density at radius 1 is 1.30 bits per heavy atom. The summed E-state index contributed by atoms with van der Waals surface area (Å²) in [6.45, 7) is 3.00. The molecule has 0 saturated heterocycles. The Kier molecular flexibility index (Phi) is 6.12. The quantitative estimate of drug-likeness (QED) is 0.747. The molecule has 5 heteroatoms. The molecule has 20 heavy (non-hydrogen) atoms. The van der Waals surface area contributed by atoms with E-state index in [0.29, 0.717) is 16.6 Å². The second-order valence-electron chi connectivity index (χ2n) is 5.45. The van der Waals surface area contributed by atoms with Crippen LogP contribution in [0.3, 0.4) is 0 Å². The number of likely N-dealkylation sites (N-methyl/N-ethyl adjacent to an activating group) is 1. The van der Waals surface area contributed by atoms with Gasteiger partial charge >= 0.3 is 0 Å². The highest BCUT2D eigenvalue weighted by atomic mass is 35.5. The monoisotopic (exact) mass is 316 g/mol. The first-order valence-electron chi connectivity index (χ1n) is 7.04. The largest absolute Gasteiger partial charge is 0.380 e. The van der Waals surface area contributed by atoms with Crippen LogP contribution in [0.1, 0.15) is 24.4 Å². The van der Waals surface area contributed by atoms with Crippen LogP contribution in [0.25, 0.3) is 0 Å². The van der Waals surface area contributed by atoms with Crippen molar-refractivity contribution in [3.05, 3.63) is 33.8 Å². The highest BCUT2D eigenvalue weighted by Crippen LogP contribution is 2.29. The molecule has 0 bridgehead atoms. The fourth-order valence-electron chi connectivity index (χ4n) is 2.24. The molecule has 1 atom stereocenters. The van der Waals surface area contributed by atoms with Crippen molar-refractivity contribution in [2.75, 3.05) is 33.4 Å². The Labute approximate surface area is 131 Å². The fourth-order valence-corrected chi connectivity index (χ4v) is 2.78. The fraction of sp³-hybridized carbons (Fsp3) is 0.600. The highest BCUT2D eigenvalue weighted by molar-refractivity contribution is 6.34. The molecule has 1 aromatic rings. The summed E-state index contributed by atoms with van der Waals surface area (Å²) < 4.78 is 5.67. The molecule has 1 unspecified atom stereocenters. The summed E-state index contributed by atoms with van der Waals surface area (Å²) in [5, 5.41) is 1.29. The first-order valence-corrected chi connectivity index (χ1v) is 7.79. The van der Waals surface area contributed by atoms with Crippen molar-refractivity contribution in [3.8, 4) is 0 Å². The van der Waals surface area contributed by atoms with Crippen LogP contribution >= 0.6 is 23.2 Å². The Bertz CT molecular complexity index is 418. The maximum absolute atomic E-state index is 6.06. The predicted molar refractivity (Wildman–Crippen MR) is 84.4 cm³/mol. The highest BCUT2D eigenvalue weighted by Gasteiger charge is 2.21. The summed E-state index contributed by atoms with van der Waals surface area (Å²) in [6, 6.07) is 5.69. The van der Waals surface area contributed by atoms with Crippen LogP contribution in [0.15, 0.2) is 18.2 Å². The van der Waals surface area contributed by atoms with Gasteiger partial charge in [-0.2, -0.15) is 0 Å². The van der Waals surface area contributed by atoms with Gasteiger partial charge in [0.25, 0.3) is 0 Å². The number of halogens is 2. The molecule has 112 valence electrons. The first-order chi connectivity index (χ1) is 9.60.